The van der Waals surface area contributed by atoms with Crippen molar-refractivity contribution in [2.75, 3.05) is 0 Å². The third-order valence-corrected chi connectivity index (χ3v) is 4.58. The van der Waals surface area contributed by atoms with E-state index in [1.54, 1.807) is 0 Å². The second kappa shape index (κ2) is 5.71. The van der Waals surface area contributed by atoms with Crippen molar-refractivity contribution in [3.8, 4) is 0 Å². The Morgan fingerprint density at radius 3 is 1.06 bits per heavy atom. The molecule has 2 saturated heterocycles. The van der Waals surface area contributed by atoms with E-state index in [2.05, 4.69) is 0 Å². The Kier molecular flexibility index (Phi) is 4.02. The summed E-state index contributed by atoms with van der Waals surface area (Å²) in [6.45, 7) is 0. The first kappa shape index (κ1) is 12.0. The van der Waals surface area contributed by atoms with Crippen LogP contribution < -0.4 is 0 Å². The molecule has 0 aromatic heterocycles. The van der Waals surface area contributed by atoms with Gasteiger partial charge in [-0.1, -0.05) is 44.9 Å². The zero-order valence-electron chi connectivity index (χ0n) is 10.9. The summed E-state index contributed by atoms with van der Waals surface area (Å²) in [6.07, 6.45) is 17.4. The molecule has 0 amide bonds. The molecule has 98 valence electrons. The predicted octanol–water partition coefficient (Wildman–Crippen LogP) is 3.83. The van der Waals surface area contributed by atoms with Crippen molar-refractivity contribution in [3.05, 3.63) is 0 Å². The van der Waals surface area contributed by atoms with E-state index >= 15 is 0 Å². The van der Waals surface area contributed by atoms with E-state index < -0.39 is 0 Å². The highest BCUT2D eigenvalue weighted by molar-refractivity contribution is 4.86. The summed E-state index contributed by atoms with van der Waals surface area (Å²) in [6, 6.07) is 0. The summed E-state index contributed by atoms with van der Waals surface area (Å²) >= 11 is 0. The summed E-state index contributed by atoms with van der Waals surface area (Å²) in [7, 11) is 0. The van der Waals surface area contributed by atoms with Crippen LogP contribution in [0.4, 0.5) is 0 Å². The van der Waals surface area contributed by atoms with Gasteiger partial charge in [0.25, 0.3) is 0 Å². The van der Waals surface area contributed by atoms with Gasteiger partial charge in [-0.15, -0.1) is 0 Å². The highest BCUT2D eigenvalue weighted by atomic mass is 16.6. The molecule has 3 rings (SSSR count). The minimum Gasteiger partial charge on any atom is -0.370 e. The molecule has 0 spiro atoms. The first-order chi connectivity index (χ1) is 8.43. The lowest BCUT2D eigenvalue weighted by Gasteiger charge is -1.98. The Balaban J connectivity index is 1.38. The van der Waals surface area contributed by atoms with Crippen molar-refractivity contribution in [1.82, 2.24) is 0 Å². The van der Waals surface area contributed by atoms with Gasteiger partial charge in [0.2, 0.25) is 0 Å². The molecule has 0 aromatic rings. The summed E-state index contributed by atoms with van der Waals surface area (Å²) in [5.74, 6) is 0. The van der Waals surface area contributed by atoms with Gasteiger partial charge in [0, 0.05) is 0 Å². The highest BCUT2D eigenvalue weighted by Gasteiger charge is 2.38. The molecule has 4 atom stereocenters. The Labute approximate surface area is 105 Å². The molecule has 3 aliphatic rings. The average molecular weight is 238 g/mol. The summed E-state index contributed by atoms with van der Waals surface area (Å²) in [5, 5.41) is 0. The lowest BCUT2D eigenvalue weighted by molar-refractivity contribution is 0.345. The molecule has 2 aliphatic heterocycles. The Morgan fingerprint density at radius 2 is 0.706 bits per heavy atom. The lowest BCUT2D eigenvalue weighted by Crippen LogP contribution is -1.95. The molecule has 4 unspecified atom stereocenters. The molecule has 17 heavy (non-hydrogen) atoms. The first-order valence-corrected chi connectivity index (χ1v) is 7.74. The fourth-order valence-corrected chi connectivity index (χ4v) is 3.29. The molecule has 0 aromatic carbocycles. The van der Waals surface area contributed by atoms with Crippen LogP contribution in [0.1, 0.15) is 70.6 Å². The second-order valence-electron chi connectivity index (χ2n) is 6.06. The monoisotopic (exact) mass is 238 g/mol. The quantitative estimate of drug-likeness (QED) is 0.599. The van der Waals surface area contributed by atoms with Crippen LogP contribution in [0.3, 0.4) is 0 Å². The number of rotatable bonds is 0. The van der Waals surface area contributed by atoms with Crippen LogP contribution in [0, 0.1) is 0 Å². The number of hydrogen-bond donors (Lipinski definition) is 0. The third-order valence-electron chi connectivity index (χ3n) is 4.58. The Hall–Kier alpha value is -0.0800. The molecular formula is C15H26O2. The van der Waals surface area contributed by atoms with Gasteiger partial charge in [-0.25, -0.2) is 0 Å². The molecule has 3 fully saturated rings. The van der Waals surface area contributed by atoms with E-state index in [1.807, 2.05) is 0 Å². The van der Waals surface area contributed by atoms with Crippen LogP contribution in [0.5, 0.6) is 0 Å². The van der Waals surface area contributed by atoms with Crippen LogP contribution in [0.25, 0.3) is 0 Å². The van der Waals surface area contributed by atoms with Crippen molar-refractivity contribution in [2.45, 2.75) is 95.0 Å². The summed E-state index contributed by atoms with van der Waals surface area (Å²) in [5.41, 5.74) is 0. The second-order valence-corrected chi connectivity index (χ2v) is 6.06. The summed E-state index contributed by atoms with van der Waals surface area (Å²) < 4.78 is 11.4. The number of fused-ring (bicyclic) bond motifs is 2. The molecule has 1 saturated carbocycles. The molecule has 0 bridgehead atoms. The van der Waals surface area contributed by atoms with Gasteiger partial charge >= 0.3 is 0 Å². The molecule has 2 nitrogen and oxygen atoms in total. The molecular weight excluding hydrogens is 212 g/mol. The van der Waals surface area contributed by atoms with Crippen molar-refractivity contribution < 1.29 is 9.47 Å². The van der Waals surface area contributed by atoms with Gasteiger partial charge in [0.15, 0.2) is 0 Å². The molecule has 0 N–H and O–H groups in total. The van der Waals surface area contributed by atoms with Crippen LogP contribution >= 0.6 is 0 Å². The summed E-state index contributed by atoms with van der Waals surface area (Å²) in [4.78, 5) is 0. The standard InChI is InChI=1S/C15H26O2/c1-2-5-9-13-15(17-13)11-7-3-6-10-14-12(16-14)8-4-1/h12-15H,1-11H2. The van der Waals surface area contributed by atoms with Crippen LogP contribution in [-0.4, -0.2) is 24.4 Å². The Morgan fingerprint density at radius 1 is 0.412 bits per heavy atom. The van der Waals surface area contributed by atoms with Crippen LogP contribution in [0.15, 0.2) is 0 Å². The fraction of sp³-hybridized carbons (Fsp3) is 1.00. The Bertz CT molecular complexity index is 217. The lowest BCUT2D eigenvalue weighted by atomic mass is 10.1. The van der Waals surface area contributed by atoms with Gasteiger partial charge in [-0.05, 0) is 25.7 Å². The van der Waals surface area contributed by atoms with Crippen molar-refractivity contribution in [3.63, 3.8) is 0 Å². The number of hydrogen-bond acceptors (Lipinski definition) is 2. The van der Waals surface area contributed by atoms with E-state index in [-0.39, 0.29) is 0 Å². The molecule has 2 heterocycles. The van der Waals surface area contributed by atoms with Gasteiger partial charge in [0.1, 0.15) is 0 Å². The smallest absolute Gasteiger partial charge is 0.0841 e. The van der Waals surface area contributed by atoms with Crippen molar-refractivity contribution in [1.29, 1.82) is 0 Å². The van der Waals surface area contributed by atoms with Crippen LogP contribution in [-0.2, 0) is 9.47 Å². The number of epoxide rings is 2. The largest absolute Gasteiger partial charge is 0.370 e. The van der Waals surface area contributed by atoms with E-state index in [4.69, 9.17) is 9.47 Å². The van der Waals surface area contributed by atoms with E-state index in [0.29, 0.717) is 24.4 Å². The average Bonchev–Trinajstić information content (AvgIpc) is 3.20. The normalized spacial score (nSPS) is 43.8. The third kappa shape index (κ3) is 3.69. The minimum atomic E-state index is 0.630. The SMILES string of the molecule is C1CCCC2OC2CCCCCC2OC2CC1. The maximum atomic E-state index is 5.72. The molecule has 0 radical (unpaired) electrons. The van der Waals surface area contributed by atoms with E-state index in [1.165, 1.54) is 70.6 Å². The van der Waals surface area contributed by atoms with E-state index in [0.717, 1.165) is 0 Å². The predicted molar refractivity (Wildman–Crippen MR) is 68.1 cm³/mol. The maximum Gasteiger partial charge on any atom is 0.0841 e. The maximum absolute atomic E-state index is 5.72. The van der Waals surface area contributed by atoms with Crippen LogP contribution in [0.2, 0.25) is 0 Å². The minimum absolute atomic E-state index is 0.630. The van der Waals surface area contributed by atoms with Gasteiger partial charge in [-0.2, -0.15) is 0 Å². The molecule has 2 heteroatoms. The first-order valence-electron chi connectivity index (χ1n) is 7.74. The van der Waals surface area contributed by atoms with Crippen molar-refractivity contribution in [2.24, 2.45) is 0 Å². The van der Waals surface area contributed by atoms with E-state index in [9.17, 15) is 0 Å². The van der Waals surface area contributed by atoms with Crippen molar-refractivity contribution >= 4 is 0 Å². The van der Waals surface area contributed by atoms with Gasteiger partial charge in [0.05, 0.1) is 24.4 Å². The zero-order valence-corrected chi connectivity index (χ0v) is 10.9. The highest BCUT2D eigenvalue weighted by Crippen LogP contribution is 2.34. The topological polar surface area (TPSA) is 25.1 Å². The van der Waals surface area contributed by atoms with Gasteiger partial charge in [-0.3, -0.25) is 0 Å². The molecule has 1 aliphatic carbocycles. The zero-order chi connectivity index (χ0) is 11.5. The number of ether oxygens (including phenoxy) is 2. The van der Waals surface area contributed by atoms with Gasteiger partial charge < -0.3 is 9.47 Å². The fourth-order valence-electron chi connectivity index (χ4n) is 3.29.